The van der Waals surface area contributed by atoms with E-state index in [1.807, 2.05) is 30.4 Å². The molecule has 1 saturated heterocycles. The van der Waals surface area contributed by atoms with Gasteiger partial charge < -0.3 is 15.0 Å². The molecule has 0 bridgehead atoms. The van der Waals surface area contributed by atoms with Crippen LogP contribution in [0.15, 0.2) is 85.5 Å². The van der Waals surface area contributed by atoms with Gasteiger partial charge in [0.25, 0.3) is 0 Å². The van der Waals surface area contributed by atoms with E-state index >= 15 is 0 Å². The Morgan fingerprint density at radius 2 is 2.03 bits per heavy atom. The normalized spacial score (nSPS) is 22.1. The highest BCUT2D eigenvalue weighted by molar-refractivity contribution is 5.95. The van der Waals surface area contributed by atoms with E-state index < -0.39 is 5.41 Å². The zero-order valence-electron chi connectivity index (χ0n) is 19.6. The molecule has 0 saturated carbocycles. The van der Waals surface area contributed by atoms with Gasteiger partial charge in [0, 0.05) is 25.4 Å². The van der Waals surface area contributed by atoms with E-state index in [2.05, 4.69) is 60.8 Å². The first kappa shape index (κ1) is 23.1. The molecule has 2 aliphatic rings. The third-order valence-electron chi connectivity index (χ3n) is 7.08. The Labute approximate surface area is 197 Å². The summed E-state index contributed by atoms with van der Waals surface area (Å²) in [6.07, 6.45) is 8.41. The van der Waals surface area contributed by atoms with Crippen LogP contribution in [0.25, 0.3) is 0 Å². The van der Waals surface area contributed by atoms with Gasteiger partial charge in [0.1, 0.15) is 11.2 Å². The van der Waals surface area contributed by atoms with Gasteiger partial charge in [0.2, 0.25) is 5.91 Å². The Kier molecular flexibility index (Phi) is 7.14. The number of nitrogens with one attached hydrogen (secondary N) is 1. The molecule has 172 valence electrons. The topological polar surface area (TPSA) is 41.6 Å². The smallest absolute Gasteiger partial charge is 0.235 e. The first-order valence-corrected chi connectivity index (χ1v) is 11.8. The Bertz CT molecular complexity index is 1040. The molecule has 1 amide bonds. The van der Waals surface area contributed by atoms with Crippen molar-refractivity contribution < 1.29 is 9.53 Å². The van der Waals surface area contributed by atoms with Crippen molar-refractivity contribution in [1.29, 1.82) is 0 Å². The maximum absolute atomic E-state index is 13.4. The van der Waals surface area contributed by atoms with Crippen LogP contribution in [0.3, 0.4) is 0 Å². The maximum atomic E-state index is 13.4. The Morgan fingerprint density at radius 3 is 2.79 bits per heavy atom. The number of rotatable bonds is 10. The second kappa shape index (κ2) is 10.2. The largest absolute Gasteiger partial charge is 0.493 e. The lowest BCUT2D eigenvalue weighted by molar-refractivity contribution is -0.123. The summed E-state index contributed by atoms with van der Waals surface area (Å²) in [5.74, 6) is 1.22. The lowest BCUT2D eigenvalue weighted by Gasteiger charge is -2.35. The van der Waals surface area contributed by atoms with Gasteiger partial charge in [0.15, 0.2) is 0 Å². The van der Waals surface area contributed by atoms with E-state index in [-0.39, 0.29) is 11.8 Å². The summed E-state index contributed by atoms with van der Waals surface area (Å²) < 4.78 is 5.62. The molecular weight excluding hydrogens is 408 g/mol. The van der Waals surface area contributed by atoms with Crippen molar-refractivity contribution in [1.82, 2.24) is 10.2 Å². The number of hydrogen-bond acceptors (Lipinski definition) is 3. The quantitative estimate of drug-likeness (QED) is 0.552. The van der Waals surface area contributed by atoms with Crippen LogP contribution in [0, 0.1) is 5.92 Å². The van der Waals surface area contributed by atoms with E-state index in [1.54, 1.807) is 6.08 Å². The second-order valence-electron chi connectivity index (χ2n) is 9.03. The average molecular weight is 443 g/mol. The van der Waals surface area contributed by atoms with E-state index in [0.29, 0.717) is 6.54 Å². The number of amides is 1. The molecule has 2 atom stereocenters. The van der Waals surface area contributed by atoms with Crippen LogP contribution in [-0.2, 0) is 23.1 Å². The molecule has 1 N–H and O–H groups in total. The van der Waals surface area contributed by atoms with Gasteiger partial charge >= 0.3 is 0 Å². The number of carbonyl (C=O) groups is 1. The van der Waals surface area contributed by atoms with Crippen LogP contribution in [-0.4, -0.2) is 44.1 Å². The number of hydrogen-bond donors (Lipinski definition) is 1. The van der Waals surface area contributed by atoms with Gasteiger partial charge in [-0.05, 0) is 54.8 Å². The van der Waals surface area contributed by atoms with Crippen LogP contribution in [0.4, 0.5) is 0 Å². The van der Waals surface area contributed by atoms with Crippen molar-refractivity contribution in [3.63, 3.8) is 0 Å². The van der Waals surface area contributed by atoms with Gasteiger partial charge in [-0.2, -0.15) is 0 Å². The zero-order valence-corrected chi connectivity index (χ0v) is 19.6. The molecule has 0 aliphatic carbocycles. The van der Waals surface area contributed by atoms with Gasteiger partial charge in [0.05, 0.1) is 6.61 Å². The molecule has 1 fully saturated rings. The fourth-order valence-electron chi connectivity index (χ4n) is 5.30. The number of nitrogens with zero attached hydrogens (tertiary/aromatic N) is 1. The Morgan fingerprint density at radius 1 is 1.21 bits per heavy atom. The molecule has 2 aromatic carbocycles. The number of likely N-dealkylation sites (N-methyl/N-ethyl adjacent to an activating group) is 1. The number of benzene rings is 2. The molecular formula is C29H34N2O2. The minimum atomic E-state index is -0.738. The molecule has 33 heavy (non-hydrogen) atoms. The Balaban J connectivity index is 1.47. The number of ether oxygens (including phenoxy) is 1. The van der Waals surface area contributed by atoms with Crippen molar-refractivity contribution in [2.24, 2.45) is 5.92 Å². The van der Waals surface area contributed by atoms with Crippen molar-refractivity contribution in [3.8, 4) is 5.75 Å². The third kappa shape index (κ3) is 4.53. The average Bonchev–Trinajstić information content (AvgIpc) is 3.44. The Hall–Kier alpha value is -3.11. The molecule has 0 aromatic heterocycles. The monoisotopic (exact) mass is 442 g/mol. The molecule has 0 radical (unpaired) electrons. The van der Waals surface area contributed by atoms with Crippen molar-refractivity contribution >= 4 is 5.91 Å². The molecule has 0 spiro atoms. The molecule has 2 heterocycles. The summed E-state index contributed by atoms with van der Waals surface area (Å²) in [7, 11) is 2.17. The van der Waals surface area contributed by atoms with E-state index in [4.69, 9.17) is 4.74 Å². The van der Waals surface area contributed by atoms with E-state index in [9.17, 15) is 4.79 Å². The van der Waals surface area contributed by atoms with Crippen LogP contribution in [0.5, 0.6) is 5.75 Å². The third-order valence-corrected chi connectivity index (χ3v) is 7.08. The minimum absolute atomic E-state index is 0.0507. The van der Waals surface area contributed by atoms with Crippen LogP contribution in [0.2, 0.25) is 0 Å². The fourth-order valence-corrected chi connectivity index (χ4v) is 5.30. The van der Waals surface area contributed by atoms with Gasteiger partial charge in [-0.25, -0.2) is 0 Å². The van der Waals surface area contributed by atoms with Gasteiger partial charge in [-0.1, -0.05) is 73.9 Å². The summed E-state index contributed by atoms with van der Waals surface area (Å²) in [4.78, 5) is 15.7. The number of allylic oxidation sites excluding steroid dienone is 3. The minimum Gasteiger partial charge on any atom is -0.493 e. The van der Waals surface area contributed by atoms with E-state index in [0.717, 1.165) is 55.8 Å². The molecule has 2 aromatic rings. The summed E-state index contributed by atoms with van der Waals surface area (Å²) in [6.45, 7) is 11.3. The van der Waals surface area contributed by atoms with Gasteiger partial charge in [-0.3, -0.25) is 4.79 Å². The summed E-state index contributed by atoms with van der Waals surface area (Å²) in [5, 5.41) is 3.15. The highest BCUT2D eigenvalue weighted by Crippen LogP contribution is 2.45. The van der Waals surface area contributed by atoms with Crippen molar-refractivity contribution in [2.75, 3.05) is 33.3 Å². The SMILES string of the molecule is C=C/C=C(\C=C)C1(c2ccccc2)C(=O)NCC1CCN(C)CCc1ccc2c(c1)CCO2. The van der Waals surface area contributed by atoms with E-state index in [1.165, 1.54) is 11.1 Å². The first-order valence-electron chi connectivity index (χ1n) is 11.8. The lowest BCUT2D eigenvalue weighted by Crippen LogP contribution is -2.42. The first-order chi connectivity index (χ1) is 16.1. The van der Waals surface area contributed by atoms with Crippen molar-refractivity contribution in [2.45, 2.75) is 24.7 Å². The summed E-state index contributed by atoms with van der Waals surface area (Å²) in [5.41, 5.74) is 3.86. The van der Waals surface area contributed by atoms with Crippen LogP contribution < -0.4 is 10.1 Å². The van der Waals surface area contributed by atoms with Crippen LogP contribution in [0.1, 0.15) is 23.1 Å². The molecule has 4 rings (SSSR count). The maximum Gasteiger partial charge on any atom is 0.235 e. The van der Waals surface area contributed by atoms with Gasteiger partial charge in [-0.15, -0.1) is 0 Å². The summed E-state index contributed by atoms with van der Waals surface area (Å²) >= 11 is 0. The highest BCUT2D eigenvalue weighted by atomic mass is 16.5. The lowest BCUT2D eigenvalue weighted by atomic mass is 9.65. The van der Waals surface area contributed by atoms with Crippen LogP contribution >= 0.6 is 0 Å². The molecule has 4 nitrogen and oxygen atoms in total. The number of fused-ring (bicyclic) bond motifs is 1. The predicted octanol–water partition coefficient (Wildman–Crippen LogP) is 4.47. The summed E-state index contributed by atoms with van der Waals surface area (Å²) in [6, 6.07) is 16.7. The van der Waals surface area contributed by atoms with Crippen molar-refractivity contribution in [3.05, 3.63) is 102 Å². The predicted molar refractivity (Wildman–Crippen MR) is 135 cm³/mol. The second-order valence-corrected chi connectivity index (χ2v) is 9.03. The molecule has 2 aliphatic heterocycles. The molecule has 4 heteroatoms. The fraction of sp³-hybridized carbons (Fsp3) is 0.345. The zero-order chi connectivity index (χ0) is 23.3. The highest BCUT2D eigenvalue weighted by Gasteiger charge is 2.52. The molecule has 2 unspecified atom stereocenters. The number of carbonyl (C=O) groups excluding carboxylic acids is 1. The standard InChI is InChI=1S/C29H34N2O2/c1-4-9-24(5-2)29(25-10-7-6-8-11-25)26(21-30-28(29)32)15-18-31(3)17-14-22-12-13-27-23(20-22)16-19-33-27/h4-13,20,26H,1-2,14-19,21H2,3H3,(H,30,32)/b24-9+.